The van der Waals surface area contributed by atoms with Crippen LogP contribution in [-0.2, 0) is 6.54 Å². The number of aryl methyl sites for hydroxylation is 1. The third-order valence-electron chi connectivity index (χ3n) is 3.40. The lowest BCUT2D eigenvalue weighted by molar-refractivity contribution is 0.396. The van der Waals surface area contributed by atoms with E-state index in [2.05, 4.69) is 29.4 Å². The SMILES string of the molecule is CCC(NCc1cccc(C)n1)c1ccccc1OC. The highest BCUT2D eigenvalue weighted by atomic mass is 16.5. The molecule has 2 aromatic rings. The Labute approximate surface area is 121 Å². The van der Waals surface area contributed by atoms with Gasteiger partial charge in [0.1, 0.15) is 5.75 Å². The van der Waals surface area contributed by atoms with Crippen molar-refractivity contribution in [2.75, 3.05) is 7.11 Å². The summed E-state index contributed by atoms with van der Waals surface area (Å²) in [6.07, 6.45) is 1.01. The Morgan fingerprint density at radius 2 is 1.95 bits per heavy atom. The highest BCUT2D eigenvalue weighted by molar-refractivity contribution is 5.35. The third kappa shape index (κ3) is 3.58. The number of methoxy groups -OCH3 is 1. The standard InChI is InChI=1S/C17H22N2O/c1-4-16(15-10-5-6-11-17(15)20-3)18-12-14-9-7-8-13(2)19-14/h5-11,16,18H,4,12H2,1-3H3. The zero-order valence-electron chi connectivity index (χ0n) is 12.4. The van der Waals surface area contributed by atoms with E-state index in [4.69, 9.17) is 4.74 Å². The summed E-state index contributed by atoms with van der Waals surface area (Å²) < 4.78 is 5.44. The molecule has 0 spiro atoms. The minimum absolute atomic E-state index is 0.272. The van der Waals surface area contributed by atoms with E-state index in [1.165, 1.54) is 5.56 Å². The Morgan fingerprint density at radius 3 is 2.65 bits per heavy atom. The Kier molecular flexibility index (Phi) is 5.13. The number of rotatable bonds is 6. The van der Waals surface area contributed by atoms with E-state index in [1.54, 1.807) is 7.11 Å². The molecule has 0 aliphatic carbocycles. The van der Waals surface area contributed by atoms with E-state index in [-0.39, 0.29) is 6.04 Å². The summed E-state index contributed by atoms with van der Waals surface area (Å²) in [5, 5.41) is 3.56. The molecule has 0 saturated carbocycles. The fourth-order valence-corrected chi connectivity index (χ4v) is 2.35. The molecular formula is C17H22N2O. The molecule has 0 saturated heterocycles. The van der Waals surface area contributed by atoms with E-state index in [9.17, 15) is 0 Å². The van der Waals surface area contributed by atoms with Gasteiger partial charge in [-0.25, -0.2) is 0 Å². The lowest BCUT2D eigenvalue weighted by atomic mass is 10.0. The van der Waals surface area contributed by atoms with Crippen molar-refractivity contribution in [2.45, 2.75) is 32.9 Å². The van der Waals surface area contributed by atoms with Crippen LogP contribution in [-0.4, -0.2) is 12.1 Å². The molecule has 1 N–H and O–H groups in total. The Balaban J connectivity index is 2.09. The van der Waals surface area contributed by atoms with Gasteiger partial charge < -0.3 is 10.1 Å². The second-order valence-corrected chi connectivity index (χ2v) is 4.85. The molecule has 1 aromatic heterocycles. The molecule has 0 aliphatic heterocycles. The first-order chi connectivity index (χ1) is 9.74. The number of hydrogen-bond donors (Lipinski definition) is 1. The maximum Gasteiger partial charge on any atom is 0.123 e. The van der Waals surface area contributed by atoms with Crippen molar-refractivity contribution in [2.24, 2.45) is 0 Å². The van der Waals surface area contributed by atoms with Crippen molar-refractivity contribution in [3.8, 4) is 5.75 Å². The minimum atomic E-state index is 0.272. The van der Waals surface area contributed by atoms with Gasteiger partial charge in [-0.3, -0.25) is 4.98 Å². The van der Waals surface area contributed by atoms with Crippen LogP contribution in [0.3, 0.4) is 0 Å². The van der Waals surface area contributed by atoms with Gasteiger partial charge in [0.25, 0.3) is 0 Å². The summed E-state index contributed by atoms with van der Waals surface area (Å²) in [5.41, 5.74) is 3.32. The molecule has 0 fully saturated rings. The predicted molar refractivity (Wildman–Crippen MR) is 81.8 cm³/mol. The monoisotopic (exact) mass is 270 g/mol. The quantitative estimate of drug-likeness (QED) is 0.870. The molecule has 1 unspecified atom stereocenters. The predicted octanol–water partition coefficient (Wildman–Crippen LogP) is 3.64. The van der Waals surface area contributed by atoms with Crippen molar-refractivity contribution in [3.05, 3.63) is 59.4 Å². The van der Waals surface area contributed by atoms with Crippen LogP contribution in [0.25, 0.3) is 0 Å². The first-order valence-corrected chi connectivity index (χ1v) is 7.03. The number of nitrogens with one attached hydrogen (secondary N) is 1. The maximum atomic E-state index is 5.44. The minimum Gasteiger partial charge on any atom is -0.496 e. The topological polar surface area (TPSA) is 34.2 Å². The van der Waals surface area contributed by atoms with E-state index < -0.39 is 0 Å². The fraction of sp³-hybridized carbons (Fsp3) is 0.353. The Hall–Kier alpha value is -1.87. The van der Waals surface area contributed by atoms with Crippen LogP contribution in [0.2, 0.25) is 0 Å². The van der Waals surface area contributed by atoms with E-state index in [0.717, 1.165) is 30.1 Å². The van der Waals surface area contributed by atoms with Gasteiger partial charge in [0.05, 0.1) is 12.8 Å². The number of benzene rings is 1. The van der Waals surface area contributed by atoms with E-state index in [1.807, 2.05) is 37.3 Å². The van der Waals surface area contributed by atoms with Crippen LogP contribution in [0.1, 0.15) is 36.3 Å². The van der Waals surface area contributed by atoms with Crippen LogP contribution in [0, 0.1) is 6.92 Å². The smallest absolute Gasteiger partial charge is 0.123 e. The van der Waals surface area contributed by atoms with Crippen LogP contribution < -0.4 is 10.1 Å². The molecule has 20 heavy (non-hydrogen) atoms. The molecular weight excluding hydrogens is 248 g/mol. The lowest BCUT2D eigenvalue weighted by Crippen LogP contribution is -2.21. The molecule has 0 radical (unpaired) electrons. The van der Waals surface area contributed by atoms with Crippen molar-refractivity contribution in [1.82, 2.24) is 10.3 Å². The molecule has 2 rings (SSSR count). The van der Waals surface area contributed by atoms with Crippen LogP contribution in [0.5, 0.6) is 5.75 Å². The second-order valence-electron chi connectivity index (χ2n) is 4.85. The van der Waals surface area contributed by atoms with Gasteiger partial charge in [-0.15, -0.1) is 0 Å². The van der Waals surface area contributed by atoms with Crippen LogP contribution in [0.15, 0.2) is 42.5 Å². The van der Waals surface area contributed by atoms with Gasteiger partial charge in [0, 0.05) is 23.8 Å². The number of hydrogen-bond acceptors (Lipinski definition) is 3. The first kappa shape index (κ1) is 14.5. The van der Waals surface area contributed by atoms with Gasteiger partial charge in [-0.2, -0.15) is 0 Å². The largest absolute Gasteiger partial charge is 0.496 e. The third-order valence-corrected chi connectivity index (χ3v) is 3.40. The van der Waals surface area contributed by atoms with Gasteiger partial charge in [-0.05, 0) is 31.5 Å². The zero-order chi connectivity index (χ0) is 14.4. The second kappa shape index (κ2) is 7.06. The average molecular weight is 270 g/mol. The fourth-order valence-electron chi connectivity index (χ4n) is 2.35. The Bertz CT molecular complexity index is 554. The summed E-state index contributed by atoms with van der Waals surface area (Å²) in [6.45, 7) is 4.95. The molecule has 106 valence electrons. The number of nitrogens with zero attached hydrogens (tertiary/aromatic N) is 1. The van der Waals surface area contributed by atoms with E-state index >= 15 is 0 Å². The highest BCUT2D eigenvalue weighted by Gasteiger charge is 2.13. The lowest BCUT2D eigenvalue weighted by Gasteiger charge is -2.19. The van der Waals surface area contributed by atoms with Gasteiger partial charge >= 0.3 is 0 Å². The molecule has 3 heteroatoms. The number of ether oxygens (including phenoxy) is 1. The summed E-state index contributed by atoms with van der Waals surface area (Å²) in [7, 11) is 1.72. The number of aromatic nitrogens is 1. The summed E-state index contributed by atoms with van der Waals surface area (Å²) in [5.74, 6) is 0.934. The molecule has 0 aliphatic rings. The maximum absolute atomic E-state index is 5.44. The van der Waals surface area contributed by atoms with Gasteiger partial charge in [-0.1, -0.05) is 31.2 Å². The normalized spacial score (nSPS) is 12.2. The molecule has 1 heterocycles. The molecule has 1 aromatic carbocycles. The number of pyridine rings is 1. The highest BCUT2D eigenvalue weighted by Crippen LogP contribution is 2.26. The van der Waals surface area contributed by atoms with Crippen molar-refractivity contribution >= 4 is 0 Å². The molecule has 1 atom stereocenters. The van der Waals surface area contributed by atoms with Crippen molar-refractivity contribution < 1.29 is 4.74 Å². The number of para-hydroxylation sites is 1. The van der Waals surface area contributed by atoms with Crippen molar-refractivity contribution in [3.63, 3.8) is 0 Å². The first-order valence-electron chi connectivity index (χ1n) is 7.03. The molecule has 0 amide bonds. The van der Waals surface area contributed by atoms with Crippen LogP contribution >= 0.6 is 0 Å². The summed E-state index contributed by atoms with van der Waals surface area (Å²) >= 11 is 0. The van der Waals surface area contributed by atoms with Crippen LogP contribution in [0.4, 0.5) is 0 Å². The van der Waals surface area contributed by atoms with Gasteiger partial charge in [0.2, 0.25) is 0 Å². The van der Waals surface area contributed by atoms with Crippen molar-refractivity contribution in [1.29, 1.82) is 0 Å². The van der Waals surface area contributed by atoms with E-state index in [0.29, 0.717) is 0 Å². The average Bonchev–Trinajstić information content (AvgIpc) is 2.48. The molecule has 0 bridgehead atoms. The zero-order valence-corrected chi connectivity index (χ0v) is 12.4. The Morgan fingerprint density at radius 1 is 1.15 bits per heavy atom. The summed E-state index contributed by atoms with van der Waals surface area (Å²) in [4.78, 5) is 4.52. The molecule has 3 nitrogen and oxygen atoms in total. The van der Waals surface area contributed by atoms with Gasteiger partial charge in [0.15, 0.2) is 0 Å². The summed E-state index contributed by atoms with van der Waals surface area (Å²) in [6, 6.07) is 14.5.